The van der Waals surface area contributed by atoms with E-state index in [2.05, 4.69) is 53.6 Å². The van der Waals surface area contributed by atoms with E-state index in [0.717, 1.165) is 43.5 Å². The molecule has 0 saturated carbocycles. The van der Waals surface area contributed by atoms with Crippen LogP contribution in [0.25, 0.3) is 6.08 Å². The lowest BCUT2D eigenvalue weighted by Gasteiger charge is -2.17. The normalized spacial score (nSPS) is 14.5. The molecule has 0 bridgehead atoms. The summed E-state index contributed by atoms with van der Waals surface area (Å²) in [5.74, 6) is 1.89. The highest BCUT2D eigenvalue weighted by atomic mass is 127. The molecule has 0 N–H and O–H groups in total. The molecule has 1 aliphatic heterocycles. The fraction of sp³-hybridized carbons (Fsp3) is 0.276. The van der Waals surface area contributed by atoms with Crippen molar-refractivity contribution in [2.45, 2.75) is 33.3 Å². The SMILES string of the molecule is COc1cc(/C=C2\SC(=O)N(CCOc3cc(C)ccc3C(C)C)C2=O)cc(I)c1OCc1ccccn1. The Kier molecular flexibility index (Phi) is 9.32. The van der Waals surface area contributed by atoms with Crippen molar-refractivity contribution >= 4 is 51.6 Å². The van der Waals surface area contributed by atoms with Gasteiger partial charge in [-0.2, -0.15) is 0 Å². The van der Waals surface area contributed by atoms with Crippen LogP contribution >= 0.6 is 34.4 Å². The maximum Gasteiger partial charge on any atom is 0.293 e. The first kappa shape index (κ1) is 28.0. The van der Waals surface area contributed by atoms with E-state index in [1.807, 2.05) is 37.3 Å². The number of pyridine rings is 1. The Balaban J connectivity index is 1.44. The van der Waals surface area contributed by atoms with Crippen LogP contribution in [0.1, 0.15) is 42.1 Å². The number of methoxy groups -OCH3 is 1. The number of hydrogen-bond acceptors (Lipinski definition) is 7. The Morgan fingerprint density at radius 3 is 2.61 bits per heavy atom. The molecule has 0 unspecified atom stereocenters. The fourth-order valence-corrected chi connectivity index (χ4v) is 5.57. The van der Waals surface area contributed by atoms with Crippen molar-refractivity contribution in [3.05, 3.63) is 85.6 Å². The lowest BCUT2D eigenvalue weighted by molar-refractivity contribution is -0.123. The van der Waals surface area contributed by atoms with Gasteiger partial charge < -0.3 is 14.2 Å². The molecule has 1 saturated heterocycles. The van der Waals surface area contributed by atoms with Crippen molar-refractivity contribution < 1.29 is 23.8 Å². The van der Waals surface area contributed by atoms with Crippen LogP contribution in [0.5, 0.6) is 17.2 Å². The monoisotopic (exact) mass is 644 g/mol. The van der Waals surface area contributed by atoms with Gasteiger partial charge in [0.05, 0.1) is 27.8 Å². The molecule has 198 valence electrons. The van der Waals surface area contributed by atoms with Crippen LogP contribution in [0, 0.1) is 10.5 Å². The van der Waals surface area contributed by atoms with E-state index >= 15 is 0 Å². The van der Waals surface area contributed by atoms with Gasteiger partial charge >= 0.3 is 0 Å². The largest absolute Gasteiger partial charge is 0.493 e. The predicted octanol–water partition coefficient (Wildman–Crippen LogP) is 6.82. The number of hydrogen-bond donors (Lipinski definition) is 0. The van der Waals surface area contributed by atoms with Gasteiger partial charge in [-0.3, -0.25) is 19.5 Å². The van der Waals surface area contributed by atoms with Crippen LogP contribution in [0.4, 0.5) is 4.79 Å². The molecule has 1 aromatic heterocycles. The van der Waals surface area contributed by atoms with E-state index in [4.69, 9.17) is 14.2 Å². The number of rotatable bonds is 10. The third-order valence-corrected chi connectivity index (χ3v) is 7.59. The van der Waals surface area contributed by atoms with E-state index in [-0.39, 0.29) is 24.3 Å². The van der Waals surface area contributed by atoms with Gasteiger partial charge in [-0.1, -0.05) is 32.0 Å². The summed E-state index contributed by atoms with van der Waals surface area (Å²) >= 11 is 3.10. The summed E-state index contributed by atoms with van der Waals surface area (Å²) in [6.45, 7) is 6.92. The van der Waals surface area contributed by atoms with Crippen molar-refractivity contribution in [2.75, 3.05) is 20.3 Å². The number of ether oxygens (including phenoxy) is 3. The first-order valence-corrected chi connectivity index (χ1v) is 14.0. The van der Waals surface area contributed by atoms with Crippen LogP contribution in [0.2, 0.25) is 0 Å². The number of amides is 2. The number of imide groups is 1. The first-order chi connectivity index (χ1) is 18.3. The molecule has 2 aromatic carbocycles. The zero-order chi connectivity index (χ0) is 27.2. The second-order valence-corrected chi connectivity index (χ2v) is 11.2. The van der Waals surface area contributed by atoms with Gasteiger partial charge in [0.25, 0.3) is 11.1 Å². The fourth-order valence-electron chi connectivity index (χ4n) is 3.93. The maximum absolute atomic E-state index is 13.1. The quantitative estimate of drug-likeness (QED) is 0.177. The Labute approximate surface area is 240 Å². The average molecular weight is 645 g/mol. The molecule has 4 rings (SSSR count). The highest BCUT2D eigenvalue weighted by Crippen LogP contribution is 2.37. The molecule has 9 heteroatoms. The second-order valence-electron chi connectivity index (χ2n) is 9.02. The van der Waals surface area contributed by atoms with Crippen LogP contribution in [0.15, 0.2) is 59.6 Å². The maximum atomic E-state index is 13.1. The summed E-state index contributed by atoms with van der Waals surface area (Å²) in [6, 6.07) is 15.4. The molecule has 0 radical (unpaired) electrons. The zero-order valence-corrected chi connectivity index (χ0v) is 24.7. The van der Waals surface area contributed by atoms with Crippen molar-refractivity contribution in [1.29, 1.82) is 0 Å². The Morgan fingerprint density at radius 1 is 1.08 bits per heavy atom. The smallest absolute Gasteiger partial charge is 0.293 e. The van der Waals surface area contributed by atoms with Gasteiger partial charge in [0.15, 0.2) is 11.5 Å². The van der Waals surface area contributed by atoms with Crippen LogP contribution < -0.4 is 14.2 Å². The minimum atomic E-state index is -0.332. The molecular weight excluding hydrogens is 615 g/mol. The minimum Gasteiger partial charge on any atom is -0.493 e. The first-order valence-electron chi connectivity index (χ1n) is 12.2. The molecule has 0 aliphatic carbocycles. The number of aryl methyl sites for hydroxylation is 1. The standard InChI is InChI=1S/C29H29IN2O5S/c1-18(2)22-9-8-19(3)13-24(22)36-12-11-32-28(33)26(38-29(32)34)16-20-14-23(30)27(25(15-20)35-4)37-17-21-7-5-6-10-31-21/h5-10,13-16,18H,11-12,17H2,1-4H3/b26-16-. The van der Waals surface area contributed by atoms with Gasteiger partial charge in [-0.25, -0.2) is 0 Å². The lowest BCUT2D eigenvalue weighted by Crippen LogP contribution is -2.32. The zero-order valence-electron chi connectivity index (χ0n) is 21.7. The van der Waals surface area contributed by atoms with Gasteiger partial charge in [0.2, 0.25) is 0 Å². The third kappa shape index (κ3) is 6.68. The van der Waals surface area contributed by atoms with Crippen LogP contribution in [-0.4, -0.2) is 41.3 Å². The lowest BCUT2D eigenvalue weighted by atomic mass is 10.0. The number of carbonyl (C=O) groups excluding carboxylic acids is 2. The number of aromatic nitrogens is 1. The van der Waals surface area contributed by atoms with E-state index in [1.165, 1.54) is 4.90 Å². The van der Waals surface area contributed by atoms with Crippen LogP contribution in [0.3, 0.4) is 0 Å². The molecular formula is C29H29IN2O5S. The van der Waals surface area contributed by atoms with Gasteiger partial charge in [0, 0.05) is 6.20 Å². The number of thioether (sulfide) groups is 1. The van der Waals surface area contributed by atoms with E-state index in [1.54, 1.807) is 25.4 Å². The summed E-state index contributed by atoms with van der Waals surface area (Å²) in [7, 11) is 1.57. The van der Waals surface area contributed by atoms with E-state index in [0.29, 0.717) is 28.9 Å². The molecule has 0 atom stereocenters. The van der Waals surface area contributed by atoms with Crippen molar-refractivity contribution in [1.82, 2.24) is 9.88 Å². The van der Waals surface area contributed by atoms with Gasteiger partial charge in [-0.05, 0) is 100 Å². The predicted molar refractivity (Wildman–Crippen MR) is 158 cm³/mol. The summed E-state index contributed by atoms with van der Waals surface area (Å²) in [5.41, 5.74) is 3.73. The second kappa shape index (κ2) is 12.7. The van der Waals surface area contributed by atoms with Crippen molar-refractivity contribution in [3.8, 4) is 17.2 Å². The molecule has 3 aromatic rings. The molecule has 7 nitrogen and oxygen atoms in total. The molecule has 0 spiro atoms. The summed E-state index contributed by atoms with van der Waals surface area (Å²) in [6.07, 6.45) is 3.42. The Bertz CT molecular complexity index is 1360. The van der Waals surface area contributed by atoms with E-state index < -0.39 is 0 Å². The molecule has 2 heterocycles. The van der Waals surface area contributed by atoms with Gasteiger partial charge in [-0.15, -0.1) is 0 Å². The number of benzene rings is 2. The molecule has 1 aliphatic rings. The van der Waals surface area contributed by atoms with Gasteiger partial charge in [0.1, 0.15) is 19.0 Å². The summed E-state index contributed by atoms with van der Waals surface area (Å²) < 4.78 is 18.3. The minimum absolute atomic E-state index is 0.175. The highest BCUT2D eigenvalue weighted by Gasteiger charge is 2.35. The summed E-state index contributed by atoms with van der Waals surface area (Å²) in [4.78, 5) is 31.6. The average Bonchev–Trinajstić information content (AvgIpc) is 3.15. The molecule has 38 heavy (non-hydrogen) atoms. The summed E-state index contributed by atoms with van der Waals surface area (Å²) in [5, 5.41) is -0.310. The topological polar surface area (TPSA) is 78.0 Å². The third-order valence-electron chi connectivity index (χ3n) is 5.88. The van der Waals surface area contributed by atoms with Crippen molar-refractivity contribution in [2.24, 2.45) is 0 Å². The van der Waals surface area contributed by atoms with Crippen LogP contribution in [-0.2, 0) is 11.4 Å². The molecule has 1 fully saturated rings. The number of nitrogens with zero attached hydrogens (tertiary/aromatic N) is 2. The number of halogens is 1. The molecule has 2 amide bonds. The number of carbonyl (C=O) groups is 2. The Hall–Kier alpha value is -3.05. The van der Waals surface area contributed by atoms with Crippen molar-refractivity contribution in [3.63, 3.8) is 0 Å². The van der Waals surface area contributed by atoms with E-state index in [9.17, 15) is 9.59 Å². The highest BCUT2D eigenvalue weighted by molar-refractivity contribution is 14.1. The Morgan fingerprint density at radius 2 is 1.89 bits per heavy atom.